The van der Waals surface area contributed by atoms with Crippen molar-refractivity contribution in [2.24, 2.45) is 5.73 Å². The molecule has 2 aromatic carbocycles. The largest absolute Gasteiger partial charge is 0.508 e. The highest BCUT2D eigenvalue weighted by molar-refractivity contribution is 5.91. The zero-order valence-corrected chi connectivity index (χ0v) is 13.9. The minimum absolute atomic E-state index is 0.109. The Balaban J connectivity index is 1.59. The van der Waals surface area contributed by atoms with E-state index >= 15 is 0 Å². The Kier molecular flexibility index (Phi) is 5.28. The summed E-state index contributed by atoms with van der Waals surface area (Å²) in [4.78, 5) is 16.3. The molecule has 0 fully saturated rings. The normalized spacial score (nSPS) is 11.9. The van der Waals surface area contributed by atoms with E-state index in [9.17, 15) is 14.3 Å². The van der Waals surface area contributed by atoms with Gasteiger partial charge in [-0.15, -0.1) is 0 Å². The van der Waals surface area contributed by atoms with Gasteiger partial charge >= 0.3 is 0 Å². The Hall–Kier alpha value is -3.19. The zero-order chi connectivity index (χ0) is 18.5. The second-order valence-electron chi connectivity index (χ2n) is 5.86. The fourth-order valence-corrected chi connectivity index (χ4v) is 2.46. The molecule has 0 aliphatic heterocycles. The molecule has 3 rings (SSSR count). The van der Waals surface area contributed by atoms with Crippen LogP contribution in [-0.4, -0.2) is 16.0 Å². The van der Waals surface area contributed by atoms with Gasteiger partial charge in [0, 0.05) is 6.54 Å². The molecule has 1 amide bonds. The second-order valence-corrected chi connectivity index (χ2v) is 5.86. The van der Waals surface area contributed by atoms with E-state index in [1.165, 1.54) is 18.4 Å². The number of nitrogens with one attached hydrogen (secondary N) is 1. The van der Waals surface area contributed by atoms with Crippen LogP contribution in [0.3, 0.4) is 0 Å². The van der Waals surface area contributed by atoms with E-state index in [0.717, 1.165) is 5.56 Å². The maximum absolute atomic E-state index is 13.1. The lowest BCUT2D eigenvalue weighted by atomic mass is 10.1. The van der Waals surface area contributed by atoms with Crippen LogP contribution in [0.1, 0.15) is 33.5 Å². The molecule has 0 aliphatic carbocycles. The summed E-state index contributed by atoms with van der Waals surface area (Å²) in [5, 5.41) is 11.9. The van der Waals surface area contributed by atoms with E-state index in [1.54, 1.807) is 36.4 Å². The average Bonchev–Trinajstić information content (AvgIpc) is 3.12. The summed E-state index contributed by atoms with van der Waals surface area (Å²) < 4.78 is 18.4. The molecule has 4 N–H and O–H groups in total. The number of amides is 1. The predicted octanol–water partition coefficient (Wildman–Crippen LogP) is 2.69. The number of oxazole rings is 1. The number of nitrogens with zero attached hydrogens (tertiary/aromatic N) is 1. The molecule has 0 saturated carbocycles. The summed E-state index contributed by atoms with van der Waals surface area (Å²) in [6, 6.07) is 12.1. The first-order valence-corrected chi connectivity index (χ1v) is 8.03. The molecule has 26 heavy (non-hydrogen) atoms. The van der Waals surface area contributed by atoms with Crippen molar-refractivity contribution in [2.45, 2.75) is 19.0 Å². The van der Waals surface area contributed by atoms with E-state index in [2.05, 4.69) is 10.3 Å². The van der Waals surface area contributed by atoms with Crippen LogP contribution in [-0.2, 0) is 13.0 Å². The molecule has 1 heterocycles. The van der Waals surface area contributed by atoms with Gasteiger partial charge in [-0.05, 0) is 41.8 Å². The van der Waals surface area contributed by atoms with Gasteiger partial charge in [-0.25, -0.2) is 9.37 Å². The minimum Gasteiger partial charge on any atom is -0.508 e. The topological polar surface area (TPSA) is 101 Å². The highest BCUT2D eigenvalue weighted by Crippen LogP contribution is 2.18. The molecule has 0 saturated heterocycles. The third kappa shape index (κ3) is 4.46. The highest BCUT2D eigenvalue weighted by atomic mass is 19.1. The number of rotatable bonds is 6. The highest BCUT2D eigenvalue weighted by Gasteiger charge is 2.17. The lowest BCUT2D eigenvalue weighted by Crippen LogP contribution is -2.23. The Labute approximate surface area is 149 Å². The molecular formula is C19H18FN3O3. The van der Waals surface area contributed by atoms with Gasteiger partial charge in [0.25, 0.3) is 5.91 Å². The Morgan fingerprint density at radius 1 is 1.23 bits per heavy atom. The van der Waals surface area contributed by atoms with Crippen LogP contribution in [0.15, 0.2) is 59.2 Å². The molecule has 1 aromatic heterocycles. The third-order valence-corrected chi connectivity index (χ3v) is 3.81. The number of carbonyl (C=O) groups excluding carboxylic acids is 1. The van der Waals surface area contributed by atoms with Crippen molar-refractivity contribution in [1.82, 2.24) is 10.3 Å². The summed E-state index contributed by atoms with van der Waals surface area (Å²) in [5.41, 5.74) is 7.73. The van der Waals surface area contributed by atoms with Crippen molar-refractivity contribution in [3.05, 3.63) is 83.3 Å². The molecule has 7 heteroatoms. The summed E-state index contributed by atoms with van der Waals surface area (Å²) in [6.45, 7) is 0.179. The van der Waals surface area contributed by atoms with E-state index in [1.807, 2.05) is 0 Å². The van der Waals surface area contributed by atoms with Gasteiger partial charge < -0.3 is 20.6 Å². The van der Waals surface area contributed by atoms with Gasteiger partial charge in [-0.2, -0.15) is 0 Å². The summed E-state index contributed by atoms with van der Waals surface area (Å²) in [6.07, 6.45) is 1.69. The number of phenols is 1. The van der Waals surface area contributed by atoms with Crippen molar-refractivity contribution >= 4 is 5.91 Å². The quantitative estimate of drug-likeness (QED) is 0.631. The van der Waals surface area contributed by atoms with Crippen molar-refractivity contribution in [2.75, 3.05) is 0 Å². The Morgan fingerprint density at radius 3 is 2.73 bits per heavy atom. The number of hydrogen-bond donors (Lipinski definition) is 3. The first-order valence-electron chi connectivity index (χ1n) is 8.03. The van der Waals surface area contributed by atoms with Crippen molar-refractivity contribution in [1.29, 1.82) is 0 Å². The van der Waals surface area contributed by atoms with E-state index in [-0.39, 0.29) is 29.7 Å². The Morgan fingerprint density at radius 2 is 2.00 bits per heavy atom. The lowest BCUT2D eigenvalue weighted by molar-refractivity contribution is 0.0945. The van der Waals surface area contributed by atoms with Crippen molar-refractivity contribution in [3.8, 4) is 5.75 Å². The molecule has 0 bridgehead atoms. The number of nitrogens with two attached hydrogens (primary N) is 1. The van der Waals surface area contributed by atoms with Gasteiger partial charge in [0.1, 0.15) is 17.8 Å². The Bertz CT molecular complexity index is 893. The van der Waals surface area contributed by atoms with Crippen molar-refractivity contribution < 1.29 is 18.7 Å². The SMILES string of the molecule is NC(Cc1ccc(O)cc1)c1nc(C(=O)NCc2cccc(F)c2)co1. The van der Waals surface area contributed by atoms with Crippen LogP contribution >= 0.6 is 0 Å². The molecule has 134 valence electrons. The van der Waals surface area contributed by atoms with E-state index in [4.69, 9.17) is 10.2 Å². The average molecular weight is 355 g/mol. The fourth-order valence-electron chi connectivity index (χ4n) is 2.46. The number of aromatic nitrogens is 1. The molecule has 6 nitrogen and oxygen atoms in total. The van der Waals surface area contributed by atoms with Crippen LogP contribution in [0.2, 0.25) is 0 Å². The van der Waals surface area contributed by atoms with E-state index < -0.39 is 11.9 Å². The molecular weight excluding hydrogens is 337 g/mol. The van der Waals surface area contributed by atoms with Crippen LogP contribution < -0.4 is 11.1 Å². The molecule has 1 unspecified atom stereocenters. The van der Waals surface area contributed by atoms with Crippen LogP contribution in [0.25, 0.3) is 0 Å². The van der Waals surface area contributed by atoms with Crippen LogP contribution in [0.4, 0.5) is 4.39 Å². The first-order chi connectivity index (χ1) is 12.5. The van der Waals surface area contributed by atoms with E-state index in [0.29, 0.717) is 12.0 Å². The molecule has 0 spiro atoms. The zero-order valence-electron chi connectivity index (χ0n) is 13.9. The standard InChI is InChI=1S/C19H18FN3O3/c20-14-3-1-2-13(8-14)10-22-18(25)17-11-26-19(23-17)16(21)9-12-4-6-15(24)7-5-12/h1-8,11,16,24H,9-10,21H2,(H,22,25). The summed E-state index contributed by atoms with van der Waals surface area (Å²) >= 11 is 0. The third-order valence-electron chi connectivity index (χ3n) is 3.81. The summed E-state index contributed by atoms with van der Waals surface area (Å²) in [7, 11) is 0. The molecule has 3 aromatic rings. The van der Waals surface area contributed by atoms with Gasteiger partial charge in [-0.1, -0.05) is 24.3 Å². The molecule has 1 atom stereocenters. The number of halogens is 1. The lowest BCUT2D eigenvalue weighted by Gasteiger charge is -2.07. The first kappa shape index (κ1) is 17.6. The number of hydrogen-bond acceptors (Lipinski definition) is 5. The smallest absolute Gasteiger partial charge is 0.273 e. The number of aromatic hydroxyl groups is 1. The van der Waals surface area contributed by atoms with Gasteiger partial charge in [0.2, 0.25) is 5.89 Å². The van der Waals surface area contributed by atoms with Gasteiger partial charge in [0.05, 0.1) is 6.04 Å². The summed E-state index contributed by atoms with van der Waals surface area (Å²) in [5.74, 6) is -0.369. The fraction of sp³-hybridized carbons (Fsp3) is 0.158. The molecule has 0 aliphatic rings. The van der Waals surface area contributed by atoms with Crippen LogP contribution in [0.5, 0.6) is 5.75 Å². The van der Waals surface area contributed by atoms with Crippen LogP contribution in [0, 0.1) is 5.82 Å². The second kappa shape index (κ2) is 7.79. The maximum atomic E-state index is 13.1. The maximum Gasteiger partial charge on any atom is 0.273 e. The molecule has 0 radical (unpaired) electrons. The number of carbonyl (C=O) groups is 1. The number of benzene rings is 2. The van der Waals surface area contributed by atoms with Gasteiger partial charge in [-0.3, -0.25) is 4.79 Å². The minimum atomic E-state index is -0.524. The van der Waals surface area contributed by atoms with Crippen molar-refractivity contribution in [3.63, 3.8) is 0 Å². The monoisotopic (exact) mass is 355 g/mol. The predicted molar refractivity (Wildman–Crippen MR) is 92.8 cm³/mol. The number of phenolic OH excluding ortho intramolecular Hbond substituents is 1. The van der Waals surface area contributed by atoms with Gasteiger partial charge in [0.15, 0.2) is 5.69 Å².